The van der Waals surface area contributed by atoms with E-state index in [9.17, 15) is 14.4 Å². The van der Waals surface area contributed by atoms with Crippen LogP contribution in [0.2, 0.25) is 0 Å². The van der Waals surface area contributed by atoms with Crippen molar-refractivity contribution in [2.24, 2.45) is 5.92 Å². The monoisotopic (exact) mass is 305 g/mol. The van der Waals surface area contributed by atoms with Gasteiger partial charge in [0.25, 0.3) is 5.56 Å². The fourth-order valence-electron chi connectivity index (χ4n) is 3.45. The Balaban J connectivity index is 1.69. The Labute approximate surface area is 127 Å². The standard InChI is InChI=1S/C15H19N3O4/c19-13-3-1-2-12-11-6-10(8-18(12)13)7-17(9-11)15(22)16-5-4-14(20)21/h1-3,10-11H,4-9H2,(H,16,22)(H,20,21). The Hall–Kier alpha value is -2.31. The number of carboxylic acid groups (broad SMARTS) is 1. The van der Waals surface area contributed by atoms with Gasteiger partial charge in [0.15, 0.2) is 0 Å². The Bertz CT molecular complexity index is 654. The summed E-state index contributed by atoms with van der Waals surface area (Å²) in [6, 6.07) is 5.07. The molecular weight excluding hydrogens is 286 g/mol. The van der Waals surface area contributed by atoms with Gasteiger partial charge < -0.3 is 19.9 Å². The van der Waals surface area contributed by atoms with Crippen LogP contribution in [0, 0.1) is 5.92 Å². The predicted molar refractivity (Wildman–Crippen MR) is 78.8 cm³/mol. The number of aliphatic carboxylic acids is 1. The molecule has 2 unspecified atom stereocenters. The highest BCUT2D eigenvalue weighted by Gasteiger charge is 2.36. The van der Waals surface area contributed by atoms with E-state index in [1.807, 2.05) is 10.6 Å². The van der Waals surface area contributed by atoms with E-state index in [-0.39, 0.29) is 36.4 Å². The second-order valence-electron chi connectivity index (χ2n) is 5.98. The average Bonchev–Trinajstić information content (AvgIpc) is 2.48. The number of carbonyl (C=O) groups excluding carboxylic acids is 1. The summed E-state index contributed by atoms with van der Waals surface area (Å²) in [6.45, 7) is 1.95. The number of hydrogen-bond acceptors (Lipinski definition) is 3. The fraction of sp³-hybridized carbons (Fsp3) is 0.533. The van der Waals surface area contributed by atoms with E-state index in [0.717, 1.165) is 12.1 Å². The molecule has 3 rings (SSSR count). The minimum Gasteiger partial charge on any atom is -0.481 e. The zero-order chi connectivity index (χ0) is 15.7. The maximum Gasteiger partial charge on any atom is 0.317 e. The molecule has 1 aromatic rings. The molecule has 2 aliphatic rings. The van der Waals surface area contributed by atoms with Crippen molar-refractivity contribution >= 4 is 12.0 Å². The maximum absolute atomic E-state index is 12.1. The van der Waals surface area contributed by atoms with E-state index in [1.54, 1.807) is 17.0 Å². The molecule has 2 atom stereocenters. The molecule has 22 heavy (non-hydrogen) atoms. The van der Waals surface area contributed by atoms with Gasteiger partial charge in [-0.05, 0) is 18.4 Å². The lowest BCUT2D eigenvalue weighted by Crippen LogP contribution is -2.52. The van der Waals surface area contributed by atoms with Gasteiger partial charge in [-0.3, -0.25) is 9.59 Å². The first kappa shape index (κ1) is 14.6. The van der Waals surface area contributed by atoms with Gasteiger partial charge >= 0.3 is 12.0 Å². The molecule has 0 saturated carbocycles. The van der Waals surface area contributed by atoms with Crippen molar-refractivity contribution in [3.63, 3.8) is 0 Å². The number of carboxylic acids is 1. The smallest absolute Gasteiger partial charge is 0.317 e. The summed E-state index contributed by atoms with van der Waals surface area (Å²) in [7, 11) is 0. The molecule has 1 fully saturated rings. The molecule has 0 aromatic carbocycles. The number of fused-ring (bicyclic) bond motifs is 4. The Morgan fingerprint density at radius 2 is 2.09 bits per heavy atom. The summed E-state index contributed by atoms with van der Waals surface area (Å²) in [5, 5.41) is 11.3. The van der Waals surface area contributed by atoms with Gasteiger partial charge in [0.2, 0.25) is 0 Å². The van der Waals surface area contributed by atoms with Crippen molar-refractivity contribution in [1.29, 1.82) is 0 Å². The number of nitrogens with zero attached hydrogens (tertiary/aromatic N) is 2. The summed E-state index contributed by atoms with van der Waals surface area (Å²) in [4.78, 5) is 36.3. The number of aromatic nitrogens is 1. The fourth-order valence-corrected chi connectivity index (χ4v) is 3.45. The molecule has 2 N–H and O–H groups in total. The Morgan fingerprint density at radius 3 is 2.86 bits per heavy atom. The molecule has 7 nitrogen and oxygen atoms in total. The number of likely N-dealkylation sites (tertiary alicyclic amines) is 1. The highest BCUT2D eigenvalue weighted by molar-refractivity contribution is 5.75. The van der Waals surface area contributed by atoms with Crippen LogP contribution in [-0.4, -0.2) is 46.2 Å². The highest BCUT2D eigenvalue weighted by Crippen LogP contribution is 2.34. The summed E-state index contributed by atoms with van der Waals surface area (Å²) < 4.78 is 1.82. The lowest BCUT2D eigenvalue weighted by molar-refractivity contribution is -0.136. The summed E-state index contributed by atoms with van der Waals surface area (Å²) in [6.07, 6.45) is 0.910. The first-order valence-corrected chi connectivity index (χ1v) is 7.49. The number of hydrogen-bond donors (Lipinski definition) is 2. The second kappa shape index (κ2) is 5.82. The average molecular weight is 305 g/mol. The molecule has 0 aliphatic carbocycles. The Morgan fingerprint density at radius 1 is 1.27 bits per heavy atom. The summed E-state index contributed by atoms with van der Waals surface area (Å²) in [5.41, 5.74) is 1.01. The predicted octanol–water partition coefficient (Wildman–Crippen LogP) is 0.452. The van der Waals surface area contributed by atoms with Crippen LogP contribution in [0.25, 0.3) is 0 Å². The normalized spacial score (nSPS) is 22.8. The highest BCUT2D eigenvalue weighted by atomic mass is 16.4. The third-order valence-electron chi connectivity index (χ3n) is 4.38. The first-order chi connectivity index (χ1) is 10.5. The van der Waals surface area contributed by atoms with Crippen molar-refractivity contribution < 1.29 is 14.7 Å². The number of rotatable bonds is 3. The molecule has 1 saturated heterocycles. The number of pyridine rings is 1. The van der Waals surface area contributed by atoms with Crippen LogP contribution in [0.1, 0.15) is 24.5 Å². The number of carbonyl (C=O) groups is 2. The SMILES string of the molecule is O=C(O)CCNC(=O)N1CC2CC(C1)c1cccc(=O)n1C2. The molecule has 7 heteroatoms. The first-order valence-electron chi connectivity index (χ1n) is 7.49. The van der Waals surface area contributed by atoms with Crippen LogP contribution in [0.3, 0.4) is 0 Å². The van der Waals surface area contributed by atoms with Crippen LogP contribution in [-0.2, 0) is 11.3 Å². The number of nitrogens with one attached hydrogen (secondary N) is 1. The van der Waals surface area contributed by atoms with E-state index >= 15 is 0 Å². The topological polar surface area (TPSA) is 91.6 Å². The van der Waals surface area contributed by atoms with Gasteiger partial charge in [-0.2, -0.15) is 0 Å². The number of urea groups is 1. The lowest BCUT2D eigenvalue weighted by Gasteiger charge is -2.42. The Kier molecular flexibility index (Phi) is 3.87. The van der Waals surface area contributed by atoms with Crippen molar-refractivity contribution in [2.45, 2.75) is 25.3 Å². The molecule has 2 aliphatic heterocycles. The van der Waals surface area contributed by atoms with Crippen LogP contribution >= 0.6 is 0 Å². The number of amides is 2. The molecule has 0 radical (unpaired) electrons. The minimum absolute atomic E-state index is 0.0200. The van der Waals surface area contributed by atoms with Gasteiger partial charge in [-0.15, -0.1) is 0 Å². The molecular formula is C15H19N3O4. The summed E-state index contributed by atoms with van der Waals surface area (Å²) in [5.74, 6) is -0.479. The van der Waals surface area contributed by atoms with Crippen LogP contribution in [0.5, 0.6) is 0 Å². The van der Waals surface area contributed by atoms with E-state index < -0.39 is 5.97 Å². The van der Waals surface area contributed by atoms with Crippen LogP contribution < -0.4 is 10.9 Å². The van der Waals surface area contributed by atoms with E-state index in [0.29, 0.717) is 19.6 Å². The minimum atomic E-state index is -0.927. The molecule has 3 heterocycles. The number of piperidine rings is 1. The van der Waals surface area contributed by atoms with Crippen molar-refractivity contribution in [1.82, 2.24) is 14.8 Å². The van der Waals surface area contributed by atoms with Crippen molar-refractivity contribution in [3.8, 4) is 0 Å². The van der Waals surface area contributed by atoms with Gasteiger partial charge in [-0.25, -0.2) is 4.79 Å². The lowest BCUT2D eigenvalue weighted by atomic mass is 9.83. The van der Waals surface area contributed by atoms with Gasteiger partial charge in [0.1, 0.15) is 0 Å². The molecule has 2 amide bonds. The van der Waals surface area contributed by atoms with Crippen molar-refractivity contribution in [3.05, 3.63) is 34.2 Å². The molecule has 0 spiro atoms. The summed E-state index contributed by atoms with van der Waals surface area (Å²) >= 11 is 0. The van der Waals surface area contributed by atoms with E-state index in [2.05, 4.69) is 5.32 Å². The van der Waals surface area contributed by atoms with Crippen LogP contribution in [0.15, 0.2) is 23.0 Å². The van der Waals surface area contributed by atoms with E-state index in [4.69, 9.17) is 5.11 Å². The van der Waals surface area contributed by atoms with Crippen molar-refractivity contribution in [2.75, 3.05) is 19.6 Å². The van der Waals surface area contributed by atoms with E-state index in [1.165, 1.54) is 0 Å². The zero-order valence-electron chi connectivity index (χ0n) is 12.2. The third kappa shape index (κ3) is 2.84. The second-order valence-corrected chi connectivity index (χ2v) is 5.98. The molecule has 2 bridgehead atoms. The largest absolute Gasteiger partial charge is 0.481 e. The van der Waals surface area contributed by atoms with Gasteiger partial charge in [0.05, 0.1) is 6.42 Å². The van der Waals surface area contributed by atoms with Gasteiger partial charge in [0, 0.05) is 43.9 Å². The molecule has 1 aromatic heterocycles. The maximum atomic E-state index is 12.1. The van der Waals surface area contributed by atoms with Gasteiger partial charge in [-0.1, -0.05) is 6.07 Å². The molecule has 118 valence electrons. The quantitative estimate of drug-likeness (QED) is 0.848. The third-order valence-corrected chi connectivity index (χ3v) is 4.38. The van der Waals surface area contributed by atoms with Crippen LogP contribution in [0.4, 0.5) is 4.79 Å². The zero-order valence-corrected chi connectivity index (χ0v) is 12.2.